The Kier molecular flexibility index (Phi) is 7.57. The molecule has 0 saturated carbocycles. The Bertz CT molecular complexity index is 706. The SMILES string of the molecule is O=C(CCOCc1ccccc1)NCC(Oc1ccc(F)cc1)C(=O)O. The number of carbonyl (C=O) groups excluding carboxylic acids is 1. The Balaban J connectivity index is 1.69. The number of nitrogens with one attached hydrogen (secondary N) is 1. The molecule has 2 N–H and O–H groups in total. The molecule has 0 aliphatic rings. The van der Waals surface area contributed by atoms with Crippen LogP contribution < -0.4 is 10.1 Å². The summed E-state index contributed by atoms with van der Waals surface area (Å²) < 4.78 is 23.5. The highest BCUT2D eigenvalue weighted by atomic mass is 19.1. The quantitative estimate of drug-likeness (QED) is 0.635. The van der Waals surface area contributed by atoms with Gasteiger partial charge >= 0.3 is 5.97 Å². The Morgan fingerprint density at radius 3 is 2.42 bits per heavy atom. The summed E-state index contributed by atoms with van der Waals surface area (Å²) >= 11 is 0. The van der Waals surface area contributed by atoms with Crippen LogP contribution in [0.15, 0.2) is 54.6 Å². The highest BCUT2D eigenvalue weighted by Gasteiger charge is 2.20. The molecule has 2 rings (SSSR count). The van der Waals surface area contributed by atoms with Crippen LogP contribution >= 0.6 is 0 Å². The van der Waals surface area contributed by atoms with E-state index in [4.69, 9.17) is 14.6 Å². The molecule has 0 aromatic heterocycles. The zero-order valence-corrected chi connectivity index (χ0v) is 14.1. The molecule has 6 nitrogen and oxygen atoms in total. The number of halogens is 1. The van der Waals surface area contributed by atoms with Gasteiger partial charge in [0.1, 0.15) is 11.6 Å². The average Bonchev–Trinajstić information content (AvgIpc) is 2.64. The van der Waals surface area contributed by atoms with Crippen LogP contribution in [0.2, 0.25) is 0 Å². The fourth-order valence-electron chi connectivity index (χ4n) is 2.08. The second kappa shape index (κ2) is 10.1. The van der Waals surface area contributed by atoms with Crippen molar-refractivity contribution in [1.82, 2.24) is 5.32 Å². The predicted octanol–water partition coefficient (Wildman–Crippen LogP) is 2.38. The number of aliphatic carboxylic acids is 1. The molecular formula is C19H20FNO5. The smallest absolute Gasteiger partial charge is 0.346 e. The molecule has 1 amide bonds. The second-order valence-electron chi connectivity index (χ2n) is 5.49. The van der Waals surface area contributed by atoms with E-state index in [9.17, 15) is 14.0 Å². The van der Waals surface area contributed by atoms with E-state index in [1.54, 1.807) is 0 Å². The molecule has 0 saturated heterocycles. The first-order chi connectivity index (χ1) is 12.5. The van der Waals surface area contributed by atoms with Gasteiger partial charge in [0.25, 0.3) is 0 Å². The van der Waals surface area contributed by atoms with Gasteiger partial charge in [0.05, 0.1) is 19.8 Å². The van der Waals surface area contributed by atoms with Gasteiger partial charge in [0.2, 0.25) is 12.0 Å². The van der Waals surface area contributed by atoms with E-state index < -0.39 is 17.9 Å². The third-order valence-electron chi connectivity index (χ3n) is 3.44. The molecule has 0 spiro atoms. The van der Waals surface area contributed by atoms with Gasteiger partial charge in [-0.1, -0.05) is 30.3 Å². The predicted molar refractivity (Wildman–Crippen MR) is 92.2 cm³/mol. The average molecular weight is 361 g/mol. The molecule has 0 aliphatic heterocycles. The third kappa shape index (κ3) is 6.90. The second-order valence-corrected chi connectivity index (χ2v) is 5.49. The number of hydrogen-bond donors (Lipinski definition) is 2. The van der Waals surface area contributed by atoms with Gasteiger partial charge in [-0.3, -0.25) is 4.79 Å². The molecule has 1 unspecified atom stereocenters. The molecule has 7 heteroatoms. The van der Waals surface area contributed by atoms with Gasteiger partial charge in [0, 0.05) is 6.42 Å². The van der Waals surface area contributed by atoms with Gasteiger partial charge in [-0.15, -0.1) is 0 Å². The van der Waals surface area contributed by atoms with E-state index in [2.05, 4.69) is 5.32 Å². The van der Waals surface area contributed by atoms with Crippen LogP contribution in [0.1, 0.15) is 12.0 Å². The maximum absolute atomic E-state index is 12.9. The van der Waals surface area contributed by atoms with Gasteiger partial charge in [-0.2, -0.15) is 0 Å². The van der Waals surface area contributed by atoms with Crippen LogP contribution in [0, 0.1) is 5.82 Å². The Morgan fingerprint density at radius 2 is 1.77 bits per heavy atom. The Morgan fingerprint density at radius 1 is 1.08 bits per heavy atom. The number of amides is 1. The molecular weight excluding hydrogens is 341 g/mol. The Hall–Kier alpha value is -2.93. The molecule has 26 heavy (non-hydrogen) atoms. The van der Waals surface area contributed by atoms with E-state index in [-0.39, 0.29) is 31.2 Å². The van der Waals surface area contributed by atoms with Crippen molar-refractivity contribution in [2.75, 3.05) is 13.2 Å². The van der Waals surface area contributed by atoms with Crippen LogP contribution in [0.5, 0.6) is 5.75 Å². The number of carboxylic acid groups (broad SMARTS) is 1. The van der Waals surface area contributed by atoms with E-state index in [0.29, 0.717) is 6.61 Å². The molecule has 0 radical (unpaired) electrons. The normalized spacial score (nSPS) is 11.6. The van der Waals surface area contributed by atoms with Crippen LogP contribution in [-0.2, 0) is 20.9 Å². The van der Waals surface area contributed by atoms with Crippen LogP contribution in [0.4, 0.5) is 4.39 Å². The van der Waals surface area contributed by atoms with E-state index in [1.165, 1.54) is 12.1 Å². The van der Waals surface area contributed by atoms with Gasteiger partial charge in [-0.25, -0.2) is 9.18 Å². The van der Waals surface area contributed by atoms with Gasteiger partial charge < -0.3 is 19.9 Å². The summed E-state index contributed by atoms with van der Waals surface area (Å²) in [5, 5.41) is 11.7. The van der Waals surface area contributed by atoms with Crippen molar-refractivity contribution in [2.45, 2.75) is 19.1 Å². The first kappa shape index (κ1) is 19.4. The summed E-state index contributed by atoms with van der Waals surface area (Å²) in [6.45, 7) is 0.418. The molecule has 1 atom stereocenters. The number of ether oxygens (including phenoxy) is 2. The van der Waals surface area contributed by atoms with Crippen LogP contribution in [-0.4, -0.2) is 36.2 Å². The lowest BCUT2D eigenvalue weighted by atomic mass is 10.2. The number of hydrogen-bond acceptors (Lipinski definition) is 4. The van der Waals surface area contributed by atoms with E-state index >= 15 is 0 Å². The summed E-state index contributed by atoms with van der Waals surface area (Å²) in [7, 11) is 0. The van der Waals surface area contributed by atoms with Crippen molar-refractivity contribution in [1.29, 1.82) is 0 Å². The number of rotatable bonds is 10. The molecule has 2 aromatic rings. The fourth-order valence-corrected chi connectivity index (χ4v) is 2.08. The summed E-state index contributed by atoms with van der Waals surface area (Å²) in [6.07, 6.45) is -1.16. The van der Waals surface area contributed by atoms with Crippen molar-refractivity contribution in [3.8, 4) is 5.75 Å². The summed E-state index contributed by atoms with van der Waals surface area (Å²) in [5.74, 6) is -1.81. The zero-order valence-electron chi connectivity index (χ0n) is 14.1. The number of carboxylic acids is 1. The Labute approximate surface area is 150 Å². The molecule has 0 fully saturated rings. The maximum atomic E-state index is 12.9. The van der Waals surface area contributed by atoms with E-state index in [0.717, 1.165) is 17.7 Å². The first-order valence-corrected chi connectivity index (χ1v) is 8.08. The van der Waals surface area contributed by atoms with Crippen molar-refractivity contribution >= 4 is 11.9 Å². The zero-order chi connectivity index (χ0) is 18.8. The van der Waals surface area contributed by atoms with Crippen LogP contribution in [0.3, 0.4) is 0 Å². The molecule has 138 valence electrons. The lowest BCUT2D eigenvalue weighted by molar-refractivity contribution is -0.145. The van der Waals surface area contributed by atoms with Gasteiger partial charge in [0.15, 0.2) is 0 Å². The lowest BCUT2D eigenvalue weighted by Gasteiger charge is -2.16. The van der Waals surface area contributed by atoms with Gasteiger partial charge in [-0.05, 0) is 29.8 Å². The minimum atomic E-state index is -1.27. The molecule has 0 heterocycles. The van der Waals surface area contributed by atoms with Crippen molar-refractivity contribution in [3.05, 3.63) is 66.0 Å². The maximum Gasteiger partial charge on any atom is 0.346 e. The summed E-state index contributed by atoms with van der Waals surface area (Å²) in [6, 6.07) is 14.5. The van der Waals surface area contributed by atoms with Crippen molar-refractivity contribution in [3.63, 3.8) is 0 Å². The number of benzene rings is 2. The topological polar surface area (TPSA) is 84.9 Å². The standard InChI is InChI=1S/C19H20FNO5/c20-15-6-8-16(9-7-15)26-17(19(23)24)12-21-18(22)10-11-25-13-14-4-2-1-3-5-14/h1-9,17H,10-13H2,(H,21,22)(H,23,24). The highest BCUT2D eigenvalue weighted by molar-refractivity contribution is 5.78. The largest absolute Gasteiger partial charge is 0.478 e. The van der Waals surface area contributed by atoms with Crippen LogP contribution in [0.25, 0.3) is 0 Å². The van der Waals surface area contributed by atoms with Crippen molar-refractivity contribution in [2.24, 2.45) is 0 Å². The minimum Gasteiger partial charge on any atom is -0.478 e. The first-order valence-electron chi connectivity index (χ1n) is 8.08. The minimum absolute atomic E-state index is 0.107. The summed E-state index contributed by atoms with van der Waals surface area (Å²) in [5.41, 5.74) is 1.01. The molecule has 0 bridgehead atoms. The highest BCUT2D eigenvalue weighted by Crippen LogP contribution is 2.13. The lowest BCUT2D eigenvalue weighted by Crippen LogP contribution is -2.40. The number of carbonyl (C=O) groups is 2. The molecule has 2 aromatic carbocycles. The summed E-state index contributed by atoms with van der Waals surface area (Å²) in [4.78, 5) is 23.0. The van der Waals surface area contributed by atoms with E-state index in [1.807, 2.05) is 30.3 Å². The van der Waals surface area contributed by atoms with Crippen molar-refractivity contribution < 1.29 is 28.6 Å². The molecule has 0 aliphatic carbocycles. The third-order valence-corrected chi connectivity index (χ3v) is 3.44. The fraction of sp³-hybridized carbons (Fsp3) is 0.263. The monoisotopic (exact) mass is 361 g/mol.